The molecule has 44 heavy (non-hydrogen) atoms. The fourth-order valence-corrected chi connectivity index (χ4v) is 6.71. The van der Waals surface area contributed by atoms with Gasteiger partial charge in [-0.05, 0) is 43.0 Å². The SMILES string of the molecule is COc1cc(Cl)cc(-n2ccc3c(=O)n(CC4(O)CCN(C(=O)[C@@H]5CCN(C(=O)O)C[C@H]5c5ccccc5)CC4)cnc32)c1. The third-order valence-corrected chi connectivity index (χ3v) is 9.16. The van der Waals surface area contributed by atoms with E-state index in [4.69, 9.17) is 16.3 Å². The van der Waals surface area contributed by atoms with Crippen LogP contribution in [0.15, 0.2) is 71.9 Å². The van der Waals surface area contributed by atoms with Crippen molar-refractivity contribution in [2.45, 2.75) is 37.3 Å². The second-order valence-electron chi connectivity index (χ2n) is 11.6. The van der Waals surface area contributed by atoms with Gasteiger partial charge in [-0.15, -0.1) is 0 Å². The van der Waals surface area contributed by atoms with Crippen molar-refractivity contribution in [3.8, 4) is 11.4 Å². The normalized spacial score (nSPS) is 20.1. The Morgan fingerprint density at radius 2 is 1.82 bits per heavy atom. The van der Waals surface area contributed by atoms with Gasteiger partial charge in [0.15, 0.2) is 5.65 Å². The van der Waals surface area contributed by atoms with Gasteiger partial charge in [-0.1, -0.05) is 41.9 Å². The van der Waals surface area contributed by atoms with E-state index in [-0.39, 0.29) is 36.4 Å². The molecule has 230 valence electrons. The molecule has 2 fully saturated rings. The largest absolute Gasteiger partial charge is 0.497 e. The van der Waals surface area contributed by atoms with E-state index >= 15 is 0 Å². The van der Waals surface area contributed by atoms with Crippen LogP contribution in [0.2, 0.25) is 5.02 Å². The number of ether oxygens (including phenoxy) is 1. The lowest BCUT2D eigenvalue weighted by atomic mass is 9.79. The second-order valence-corrected chi connectivity index (χ2v) is 12.1. The van der Waals surface area contributed by atoms with Crippen LogP contribution in [-0.4, -0.2) is 85.0 Å². The van der Waals surface area contributed by atoms with Crippen LogP contribution >= 0.6 is 11.6 Å². The Morgan fingerprint density at radius 3 is 2.52 bits per heavy atom. The van der Waals surface area contributed by atoms with E-state index in [1.807, 2.05) is 30.3 Å². The number of fused-ring (bicyclic) bond motifs is 1. The molecule has 0 unspecified atom stereocenters. The lowest BCUT2D eigenvalue weighted by molar-refractivity contribution is -0.142. The molecule has 2 aromatic carbocycles. The van der Waals surface area contributed by atoms with E-state index < -0.39 is 11.7 Å². The minimum atomic E-state index is -1.19. The number of hydrogen-bond donors (Lipinski definition) is 2. The molecule has 2 N–H and O–H groups in total. The minimum absolute atomic E-state index is 0.0230. The number of aliphatic hydroxyl groups is 1. The van der Waals surface area contributed by atoms with E-state index in [1.54, 1.807) is 47.0 Å². The molecular formula is C32H34ClN5O6. The van der Waals surface area contributed by atoms with E-state index in [0.29, 0.717) is 66.4 Å². The van der Waals surface area contributed by atoms with Crippen molar-refractivity contribution in [3.05, 3.63) is 88.1 Å². The Hall–Kier alpha value is -4.35. The van der Waals surface area contributed by atoms with Crippen LogP contribution in [0, 0.1) is 5.92 Å². The van der Waals surface area contributed by atoms with Gasteiger partial charge < -0.3 is 29.3 Å². The number of likely N-dealkylation sites (tertiary alicyclic amines) is 2. The number of amides is 2. The van der Waals surface area contributed by atoms with Crippen LogP contribution in [0.3, 0.4) is 0 Å². The van der Waals surface area contributed by atoms with Gasteiger partial charge in [0.05, 0.1) is 30.3 Å². The molecular weight excluding hydrogens is 586 g/mol. The average molecular weight is 620 g/mol. The quantitative estimate of drug-likeness (QED) is 0.334. The van der Waals surface area contributed by atoms with Crippen molar-refractivity contribution in [1.29, 1.82) is 0 Å². The summed E-state index contributed by atoms with van der Waals surface area (Å²) in [6.45, 7) is 1.30. The summed E-state index contributed by atoms with van der Waals surface area (Å²) in [6.07, 6.45) is 3.25. The standard InChI is InChI=1S/C32H34ClN5O6/c1-44-24-16-22(33)15-23(17-24)38-12-8-26-28(38)34-20-37(30(26)40)19-32(43)9-13-35(14-10-32)29(39)25-7-11-36(31(41)42)18-27(25)21-5-3-2-4-6-21/h2-6,8,12,15-17,20,25,27,43H,7,9-11,13-14,18-19H2,1H3,(H,41,42)/t25-,27+/m1/s1. The summed E-state index contributed by atoms with van der Waals surface area (Å²) in [6, 6.07) is 16.5. The number of hydrogen-bond acceptors (Lipinski definition) is 6. The predicted octanol–water partition coefficient (Wildman–Crippen LogP) is 3.99. The van der Waals surface area contributed by atoms with Crippen LogP contribution in [0.5, 0.6) is 5.75 Å². The molecule has 2 amide bonds. The highest BCUT2D eigenvalue weighted by atomic mass is 35.5. The van der Waals surface area contributed by atoms with Crippen molar-refractivity contribution < 1.29 is 24.5 Å². The van der Waals surface area contributed by atoms with Gasteiger partial charge in [-0.2, -0.15) is 0 Å². The number of methoxy groups -OCH3 is 1. The van der Waals surface area contributed by atoms with Crippen molar-refractivity contribution in [2.75, 3.05) is 33.3 Å². The summed E-state index contributed by atoms with van der Waals surface area (Å²) in [5.74, 6) is -0.0378. The molecule has 4 heterocycles. The average Bonchev–Trinajstić information content (AvgIpc) is 3.47. The van der Waals surface area contributed by atoms with E-state index in [9.17, 15) is 24.6 Å². The van der Waals surface area contributed by atoms with E-state index in [1.165, 1.54) is 15.8 Å². The number of halogens is 1. The fourth-order valence-electron chi connectivity index (χ4n) is 6.49. The Morgan fingerprint density at radius 1 is 1.07 bits per heavy atom. The monoisotopic (exact) mass is 619 g/mol. The fraction of sp³-hybridized carbons (Fsp3) is 0.375. The lowest BCUT2D eigenvalue weighted by Gasteiger charge is -2.42. The van der Waals surface area contributed by atoms with Crippen molar-refractivity contribution >= 4 is 34.6 Å². The number of carbonyl (C=O) groups excluding carboxylic acids is 1. The maximum atomic E-state index is 13.8. The van der Waals surface area contributed by atoms with Crippen molar-refractivity contribution in [3.63, 3.8) is 0 Å². The Labute approximate surface area is 258 Å². The number of aromatic nitrogens is 3. The summed E-state index contributed by atoms with van der Waals surface area (Å²) in [5.41, 5.74) is 0.642. The summed E-state index contributed by atoms with van der Waals surface area (Å²) in [4.78, 5) is 46.6. The number of carboxylic acid groups (broad SMARTS) is 1. The molecule has 2 aliphatic rings. The molecule has 0 aliphatic carbocycles. The van der Waals surface area contributed by atoms with Crippen LogP contribution < -0.4 is 10.3 Å². The molecule has 0 radical (unpaired) electrons. The highest BCUT2D eigenvalue weighted by Gasteiger charge is 2.41. The van der Waals surface area contributed by atoms with Gasteiger partial charge in [0.2, 0.25) is 5.91 Å². The van der Waals surface area contributed by atoms with Crippen molar-refractivity contribution in [1.82, 2.24) is 23.9 Å². The van der Waals surface area contributed by atoms with Gasteiger partial charge in [-0.3, -0.25) is 14.2 Å². The van der Waals surface area contributed by atoms with Crippen LogP contribution in [0.4, 0.5) is 4.79 Å². The highest BCUT2D eigenvalue weighted by Crippen LogP contribution is 2.35. The molecule has 11 nitrogen and oxygen atoms in total. The van der Waals surface area contributed by atoms with Gasteiger partial charge in [0.1, 0.15) is 12.1 Å². The molecule has 6 rings (SSSR count). The van der Waals surface area contributed by atoms with Crippen LogP contribution in [0.25, 0.3) is 16.7 Å². The molecule has 2 atom stereocenters. The molecule has 2 saturated heterocycles. The topological polar surface area (TPSA) is 130 Å². The van der Waals surface area contributed by atoms with Gasteiger partial charge in [0.25, 0.3) is 5.56 Å². The van der Waals surface area contributed by atoms with E-state index in [0.717, 1.165) is 5.56 Å². The molecule has 4 aromatic rings. The van der Waals surface area contributed by atoms with Gasteiger partial charge in [0, 0.05) is 55.3 Å². The van der Waals surface area contributed by atoms with Crippen LogP contribution in [0.1, 0.15) is 30.7 Å². The Bertz CT molecular complexity index is 1750. The Kier molecular flexibility index (Phi) is 8.08. The minimum Gasteiger partial charge on any atom is -0.497 e. The first-order valence-corrected chi connectivity index (χ1v) is 15.0. The number of rotatable bonds is 6. The summed E-state index contributed by atoms with van der Waals surface area (Å²) >= 11 is 6.25. The molecule has 2 aromatic heterocycles. The van der Waals surface area contributed by atoms with Gasteiger partial charge >= 0.3 is 6.09 Å². The zero-order valence-corrected chi connectivity index (χ0v) is 25.1. The molecule has 2 aliphatic heterocycles. The smallest absolute Gasteiger partial charge is 0.407 e. The molecule has 12 heteroatoms. The number of nitrogens with zero attached hydrogens (tertiary/aromatic N) is 5. The number of benzene rings is 2. The first-order chi connectivity index (χ1) is 21.2. The first-order valence-electron chi connectivity index (χ1n) is 14.6. The number of piperidine rings is 2. The number of carbonyl (C=O) groups is 2. The third kappa shape index (κ3) is 5.77. The zero-order valence-electron chi connectivity index (χ0n) is 24.3. The first kappa shape index (κ1) is 29.7. The highest BCUT2D eigenvalue weighted by molar-refractivity contribution is 6.30. The van der Waals surface area contributed by atoms with Crippen molar-refractivity contribution in [2.24, 2.45) is 5.92 Å². The van der Waals surface area contributed by atoms with Crippen LogP contribution in [-0.2, 0) is 11.3 Å². The summed E-state index contributed by atoms with van der Waals surface area (Å²) in [7, 11) is 1.55. The maximum absolute atomic E-state index is 13.8. The summed E-state index contributed by atoms with van der Waals surface area (Å²) in [5, 5.41) is 22.0. The zero-order chi connectivity index (χ0) is 31.0. The summed E-state index contributed by atoms with van der Waals surface area (Å²) < 4.78 is 8.51. The van der Waals surface area contributed by atoms with E-state index in [2.05, 4.69) is 4.98 Å². The molecule has 0 spiro atoms. The van der Waals surface area contributed by atoms with Gasteiger partial charge in [-0.25, -0.2) is 9.78 Å². The third-order valence-electron chi connectivity index (χ3n) is 8.94. The Balaban J connectivity index is 1.16. The maximum Gasteiger partial charge on any atom is 0.407 e. The second kappa shape index (κ2) is 12.0. The molecule has 0 saturated carbocycles. The predicted molar refractivity (Wildman–Crippen MR) is 165 cm³/mol. The lowest BCUT2D eigenvalue weighted by Crippen LogP contribution is -2.53. The molecule has 0 bridgehead atoms.